The van der Waals surface area contributed by atoms with Crippen LogP contribution < -0.4 is 4.74 Å². The van der Waals surface area contributed by atoms with Crippen LogP contribution in [-0.4, -0.2) is 6.61 Å². The molecule has 1 aromatic carbocycles. The first-order chi connectivity index (χ1) is 6.07. The van der Waals surface area contributed by atoms with Crippen LogP contribution in [0.4, 0.5) is 0 Å². The Kier molecular flexibility index (Phi) is 2.89. The van der Waals surface area contributed by atoms with Crippen LogP contribution in [-0.2, 0) is 11.8 Å². The number of hydrogen-bond acceptors (Lipinski definition) is 1. The molecule has 0 saturated heterocycles. The standard InChI is InChI=1S/C12H16O.CH4/c1-12(2,3)10-4-5-11-9(8-10)6-7-13-11;/h4-5,8H,6-7H2,1-3H3;1H4. The molecule has 0 amide bonds. The highest BCUT2D eigenvalue weighted by Crippen LogP contribution is 2.30. The van der Waals surface area contributed by atoms with Crippen molar-refractivity contribution in [3.05, 3.63) is 29.3 Å². The van der Waals surface area contributed by atoms with Crippen molar-refractivity contribution in [1.29, 1.82) is 0 Å². The maximum atomic E-state index is 5.47. The monoisotopic (exact) mass is 192 g/mol. The van der Waals surface area contributed by atoms with Gasteiger partial charge in [-0.2, -0.15) is 0 Å². The van der Waals surface area contributed by atoms with Gasteiger partial charge in [0.1, 0.15) is 5.75 Å². The molecule has 0 aromatic heterocycles. The van der Waals surface area contributed by atoms with Crippen LogP contribution in [0.2, 0.25) is 0 Å². The Morgan fingerprint density at radius 3 is 2.57 bits per heavy atom. The Labute approximate surface area is 87.1 Å². The van der Waals surface area contributed by atoms with Crippen molar-refractivity contribution < 1.29 is 4.74 Å². The fourth-order valence-electron chi connectivity index (χ4n) is 1.65. The summed E-state index contributed by atoms with van der Waals surface area (Å²) < 4.78 is 5.47. The van der Waals surface area contributed by atoms with E-state index in [4.69, 9.17) is 4.74 Å². The summed E-state index contributed by atoms with van der Waals surface area (Å²) in [7, 11) is 0. The Bertz CT molecular complexity index is 320. The molecule has 1 aromatic rings. The van der Waals surface area contributed by atoms with Crippen molar-refractivity contribution in [2.75, 3.05) is 6.61 Å². The molecule has 0 radical (unpaired) electrons. The smallest absolute Gasteiger partial charge is 0.122 e. The highest BCUT2D eigenvalue weighted by Gasteiger charge is 2.18. The van der Waals surface area contributed by atoms with Crippen molar-refractivity contribution >= 4 is 0 Å². The molecule has 1 heterocycles. The molecule has 2 rings (SSSR count). The van der Waals surface area contributed by atoms with Gasteiger partial charge in [-0.3, -0.25) is 0 Å². The number of rotatable bonds is 0. The summed E-state index contributed by atoms with van der Waals surface area (Å²) in [5.41, 5.74) is 3.02. The number of hydrogen-bond donors (Lipinski definition) is 0. The van der Waals surface area contributed by atoms with Gasteiger partial charge in [0.2, 0.25) is 0 Å². The summed E-state index contributed by atoms with van der Waals surface area (Å²) in [6, 6.07) is 6.55. The fourth-order valence-corrected chi connectivity index (χ4v) is 1.65. The maximum Gasteiger partial charge on any atom is 0.122 e. The van der Waals surface area contributed by atoms with E-state index in [0.717, 1.165) is 18.8 Å². The van der Waals surface area contributed by atoms with Crippen molar-refractivity contribution in [1.82, 2.24) is 0 Å². The lowest BCUT2D eigenvalue weighted by Crippen LogP contribution is -2.10. The first-order valence-corrected chi connectivity index (χ1v) is 4.83. The molecule has 1 heteroatoms. The van der Waals surface area contributed by atoms with E-state index in [-0.39, 0.29) is 12.8 Å². The molecule has 0 saturated carbocycles. The van der Waals surface area contributed by atoms with Crippen molar-refractivity contribution in [2.45, 2.75) is 40.0 Å². The van der Waals surface area contributed by atoms with E-state index in [1.54, 1.807) is 0 Å². The fraction of sp³-hybridized carbons (Fsp3) is 0.538. The first-order valence-electron chi connectivity index (χ1n) is 4.83. The lowest BCUT2D eigenvalue weighted by Gasteiger charge is -2.19. The van der Waals surface area contributed by atoms with E-state index in [1.807, 2.05) is 0 Å². The van der Waals surface area contributed by atoms with Crippen LogP contribution in [0.15, 0.2) is 18.2 Å². The van der Waals surface area contributed by atoms with E-state index >= 15 is 0 Å². The van der Waals surface area contributed by atoms with Gasteiger partial charge in [-0.05, 0) is 22.6 Å². The molecule has 0 atom stereocenters. The minimum Gasteiger partial charge on any atom is -0.493 e. The molecule has 1 nitrogen and oxygen atoms in total. The van der Waals surface area contributed by atoms with E-state index in [9.17, 15) is 0 Å². The van der Waals surface area contributed by atoms with Crippen LogP contribution in [0.1, 0.15) is 39.3 Å². The van der Waals surface area contributed by atoms with Gasteiger partial charge in [-0.1, -0.05) is 40.3 Å². The predicted octanol–water partition coefficient (Wildman–Crippen LogP) is 3.56. The highest BCUT2D eigenvalue weighted by molar-refractivity contribution is 5.41. The van der Waals surface area contributed by atoms with E-state index in [0.29, 0.717) is 0 Å². The van der Waals surface area contributed by atoms with E-state index < -0.39 is 0 Å². The summed E-state index contributed by atoms with van der Waals surface area (Å²) in [6.07, 6.45) is 1.07. The van der Waals surface area contributed by atoms with Crippen LogP contribution in [0.5, 0.6) is 5.75 Å². The Hall–Kier alpha value is -0.980. The second kappa shape index (κ2) is 3.64. The minimum atomic E-state index is 0. The molecule has 78 valence electrons. The highest BCUT2D eigenvalue weighted by atomic mass is 16.5. The molecule has 14 heavy (non-hydrogen) atoms. The van der Waals surface area contributed by atoms with Gasteiger partial charge in [0.25, 0.3) is 0 Å². The molecule has 0 spiro atoms. The first kappa shape index (κ1) is 11.1. The second-order valence-electron chi connectivity index (χ2n) is 4.67. The molecule has 0 fully saturated rings. The lowest BCUT2D eigenvalue weighted by molar-refractivity contribution is 0.356. The summed E-state index contributed by atoms with van der Waals surface area (Å²) in [5.74, 6) is 1.08. The van der Waals surface area contributed by atoms with Gasteiger partial charge >= 0.3 is 0 Å². The van der Waals surface area contributed by atoms with Crippen molar-refractivity contribution in [3.8, 4) is 5.75 Å². The van der Waals surface area contributed by atoms with Crippen LogP contribution in [0.25, 0.3) is 0 Å². The molecule has 0 aliphatic carbocycles. The third-order valence-corrected chi connectivity index (χ3v) is 2.56. The predicted molar refractivity (Wildman–Crippen MR) is 61.1 cm³/mol. The Morgan fingerprint density at radius 2 is 1.93 bits per heavy atom. The Morgan fingerprint density at radius 1 is 1.21 bits per heavy atom. The van der Waals surface area contributed by atoms with Crippen LogP contribution in [0.3, 0.4) is 0 Å². The zero-order valence-corrected chi connectivity index (χ0v) is 8.55. The molecular weight excluding hydrogens is 172 g/mol. The zero-order valence-electron chi connectivity index (χ0n) is 8.55. The molecule has 1 aliphatic heterocycles. The quantitative estimate of drug-likeness (QED) is 0.610. The van der Waals surface area contributed by atoms with Gasteiger partial charge in [0, 0.05) is 6.42 Å². The second-order valence-corrected chi connectivity index (χ2v) is 4.67. The molecule has 1 aliphatic rings. The molecule has 0 N–H and O–H groups in total. The van der Waals surface area contributed by atoms with Crippen molar-refractivity contribution in [3.63, 3.8) is 0 Å². The van der Waals surface area contributed by atoms with Crippen LogP contribution >= 0.6 is 0 Å². The summed E-state index contributed by atoms with van der Waals surface area (Å²) in [5, 5.41) is 0. The summed E-state index contributed by atoms with van der Waals surface area (Å²) >= 11 is 0. The average Bonchev–Trinajstić information content (AvgIpc) is 2.47. The third-order valence-electron chi connectivity index (χ3n) is 2.56. The van der Waals surface area contributed by atoms with Gasteiger partial charge in [-0.25, -0.2) is 0 Å². The van der Waals surface area contributed by atoms with Gasteiger partial charge < -0.3 is 4.74 Å². The van der Waals surface area contributed by atoms with Gasteiger partial charge in [0.05, 0.1) is 6.61 Å². The molecule has 0 unspecified atom stereocenters. The maximum absolute atomic E-state index is 5.47. The normalized spacial score (nSPS) is 14.2. The Balaban J connectivity index is 0.000000980. The van der Waals surface area contributed by atoms with Crippen LogP contribution in [0, 0.1) is 0 Å². The van der Waals surface area contributed by atoms with E-state index in [2.05, 4.69) is 39.0 Å². The minimum absolute atomic E-state index is 0. The summed E-state index contributed by atoms with van der Waals surface area (Å²) in [6.45, 7) is 7.57. The molecular formula is C13H20O. The number of fused-ring (bicyclic) bond motifs is 1. The van der Waals surface area contributed by atoms with Gasteiger partial charge in [0.15, 0.2) is 0 Å². The number of benzene rings is 1. The summed E-state index contributed by atoms with van der Waals surface area (Å²) in [4.78, 5) is 0. The SMILES string of the molecule is C.CC(C)(C)c1ccc2c(c1)CCO2. The third kappa shape index (κ3) is 1.92. The average molecular weight is 192 g/mol. The molecule has 0 bridgehead atoms. The zero-order chi connectivity index (χ0) is 9.47. The van der Waals surface area contributed by atoms with Crippen molar-refractivity contribution in [2.24, 2.45) is 0 Å². The lowest BCUT2D eigenvalue weighted by atomic mass is 9.86. The van der Waals surface area contributed by atoms with Gasteiger partial charge in [-0.15, -0.1) is 0 Å². The number of ether oxygens (including phenoxy) is 1. The topological polar surface area (TPSA) is 9.23 Å². The van der Waals surface area contributed by atoms with E-state index in [1.165, 1.54) is 11.1 Å². The largest absolute Gasteiger partial charge is 0.493 e.